The first-order valence-corrected chi connectivity index (χ1v) is 18.7. The fourth-order valence-corrected chi connectivity index (χ4v) is 8.01. The third-order valence-electron chi connectivity index (χ3n) is 8.69. The third-order valence-corrected chi connectivity index (χ3v) is 11.2. The van der Waals surface area contributed by atoms with Crippen molar-refractivity contribution in [3.63, 3.8) is 0 Å². The van der Waals surface area contributed by atoms with Crippen molar-refractivity contribution >= 4 is 46.0 Å². The summed E-state index contributed by atoms with van der Waals surface area (Å²) in [6.07, 6.45) is -1.75. The van der Waals surface area contributed by atoms with E-state index in [1.54, 1.807) is 12.1 Å². The van der Waals surface area contributed by atoms with Crippen molar-refractivity contribution < 1.29 is 27.0 Å². The first kappa shape index (κ1) is 32.4. The van der Waals surface area contributed by atoms with E-state index in [1.165, 1.54) is 16.6 Å². The van der Waals surface area contributed by atoms with Gasteiger partial charge in [0.2, 0.25) is 0 Å². The Hall–Kier alpha value is -2.57. The Balaban J connectivity index is 1.19. The minimum absolute atomic E-state index is 0.172. The number of ether oxygens (including phenoxy) is 2. The van der Waals surface area contributed by atoms with E-state index in [0.717, 1.165) is 43.7 Å². The second kappa shape index (κ2) is 14.0. The minimum Gasteiger partial charge on any atom is -0.488 e. The van der Waals surface area contributed by atoms with Crippen LogP contribution in [-0.2, 0) is 11.2 Å². The molecule has 3 fully saturated rings. The number of piperidine rings is 1. The highest BCUT2D eigenvalue weighted by Gasteiger charge is 2.34. The van der Waals surface area contributed by atoms with Crippen LogP contribution in [0.3, 0.4) is 0 Å². The fourth-order valence-electron chi connectivity index (χ4n) is 6.10. The van der Waals surface area contributed by atoms with Crippen molar-refractivity contribution in [2.45, 2.75) is 69.1 Å². The number of benzene rings is 2. The molecule has 45 heavy (non-hydrogen) atoms. The number of nitrogens with zero attached hydrogens (tertiary/aromatic N) is 1. The molecular weight excluding hydrogens is 621 g/mol. The van der Waals surface area contributed by atoms with Gasteiger partial charge in [0.05, 0.1) is 46.1 Å². The van der Waals surface area contributed by atoms with Crippen LogP contribution in [0.1, 0.15) is 42.5 Å². The van der Waals surface area contributed by atoms with Gasteiger partial charge >= 0.3 is 6.18 Å². The summed E-state index contributed by atoms with van der Waals surface area (Å²) < 4.78 is 69.0. The van der Waals surface area contributed by atoms with Crippen LogP contribution < -0.4 is 20.7 Å². The number of nitrogens with one attached hydrogen (secondary N) is 2. The average Bonchev–Trinajstić information content (AvgIpc) is 3.77. The van der Waals surface area contributed by atoms with Crippen molar-refractivity contribution in [1.29, 1.82) is 0 Å². The van der Waals surface area contributed by atoms with Crippen LogP contribution in [0, 0.1) is 11.8 Å². The van der Waals surface area contributed by atoms with Crippen LogP contribution in [0.5, 0.6) is 5.75 Å². The standard InChI is InChI=1S/C34H40F4N3O2PS/c1-44(2)24-10-11-29(31(19-24)43-23-8-9-23)39-15-4-7-32-26(20-34(36,37)38)25-5-3-6-30(33(25)45-32)40-28-12-16-41(21-27(28)35)22-13-17-42-18-14-22/h3,5-6,10-11,19,22-23,27-28,39-40H,8-9,12-18,20-21H2,1-2H3/t27-,28+/m0/s1. The van der Waals surface area contributed by atoms with Crippen molar-refractivity contribution in [1.82, 2.24) is 4.90 Å². The van der Waals surface area contributed by atoms with E-state index >= 15 is 4.39 Å². The monoisotopic (exact) mass is 661 g/mol. The maximum atomic E-state index is 15.4. The topological polar surface area (TPSA) is 45.8 Å². The fraction of sp³-hybridized carbons (Fsp3) is 0.529. The average molecular weight is 662 g/mol. The summed E-state index contributed by atoms with van der Waals surface area (Å²) in [7, 11) is -0.276. The summed E-state index contributed by atoms with van der Waals surface area (Å²) in [5.41, 5.74) is 1.66. The Labute approximate surface area is 267 Å². The van der Waals surface area contributed by atoms with Gasteiger partial charge in [-0.25, -0.2) is 4.39 Å². The molecule has 5 nitrogen and oxygen atoms in total. The Kier molecular flexibility index (Phi) is 10.1. The molecule has 0 spiro atoms. The zero-order chi connectivity index (χ0) is 31.6. The van der Waals surface area contributed by atoms with Gasteiger partial charge in [0.1, 0.15) is 11.9 Å². The molecule has 0 bridgehead atoms. The van der Waals surface area contributed by atoms with Crippen LogP contribution >= 0.6 is 19.3 Å². The van der Waals surface area contributed by atoms with Crippen molar-refractivity contribution in [2.24, 2.45) is 0 Å². The molecule has 11 heteroatoms. The van der Waals surface area contributed by atoms with Crippen LogP contribution in [-0.4, -0.2) is 81.6 Å². The van der Waals surface area contributed by atoms with Gasteiger partial charge < -0.3 is 20.1 Å². The summed E-state index contributed by atoms with van der Waals surface area (Å²) in [5.74, 6) is 6.88. The van der Waals surface area contributed by atoms with E-state index in [0.29, 0.717) is 52.9 Å². The molecule has 2 aromatic carbocycles. The summed E-state index contributed by atoms with van der Waals surface area (Å²) in [4.78, 5) is 2.61. The van der Waals surface area contributed by atoms with Gasteiger partial charge in [-0.1, -0.05) is 38.0 Å². The number of alkyl halides is 4. The highest BCUT2D eigenvalue weighted by atomic mass is 32.1. The van der Waals surface area contributed by atoms with Crippen molar-refractivity contribution in [2.75, 3.05) is 56.8 Å². The van der Waals surface area contributed by atoms with E-state index < -0.39 is 24.8 Å². The lowest BCUT2D eigenvalue weighted by Gasteiger charge is -2.41. The lowest BCUT2D eigenvalue weighted by molar-refractivity contribution is -0.126. The molecule has 2 aliphatic heterocycles. The summed E-state index contributed by atoms with van der Waals surface area (Å²) in [6, 6.07) is 11.4. The van der Waals surface area contributed by atoms with Crippen LogP contribution in [0.15, 0.2) is 36.4 Å². The van der Waals surface area contributed by atoms with Gasteiger partial charge in [0.25, 0.3) is 0 Å². The van der Waals surface area contributed by atoms with Crippen molar-refractivity contribution in [3.05, 3.63) is 46.8 Å². The van der Waals surface area contributed by atoms with Gasteiger partial charge in [-0.3, -0.25) is 4.90 Å². The first-order chi connectivity index (χ1) is 21.6. The lowest BCUT2D eigenvalue weighted by Crippen LogP contribution is -2.52. The number of rotatable bonds is 9. The van der Waals surface area contributed by atoms with E-state index in [-0.39, 0.29) is 26.1 Å². The lowest BCUT2D eigenvalue weighted by atomic mass is 9.98. The quantitative estimate of drug-likeness (QED) is 0.142. The Bertz CT molecular complexity index is 1540. The van der Waals surface area contributed by atoms with Crippen LogP contribution in [0.2, 0.25) is 0 Å². The summed E-state index contributed by atoms with van der Waals surface area (Å²) in [5, 5.41) is 8.42. The number of halogens is 4. The first-order valence-electron chi connectivity index (χ1n) is 15.7. The van der Waals surface area contributed by atoms with Gasteiger partial charge in [0.15, 0.2) is 0 Å². The number of fused-ring (bicyclic) bond motifs is 1. The smallest absolute Gasteiger partial charge is 0.393 e. The zero-order valence-electron chi connectivity index (χ0n) is 25.7. The predicted octanol–water partition coefficient (Wildman–Crippen LogP) is 7.38. The van der Waals surface area contributed by atoms with Gasteiger partial charge in [0, 0.05) is 32.3 Å². The number of thiophene rings is 1. The molecule has 2 saturated heterocycles. The Morgan fingerprint density at radius 1 is 1.07 bits per heavy atom. The highest BCUT2D eigenvalue weighted by Crippen LogP contribution is 2.40. The minimum atomic E-state index is -4.39. The molecule has 3 aromatic rings. The Morgan fingerprint density at radius 2 is 1.87 bits per heavy atom. The van der Waals surface area contributed by atoms with Crippen LogP contribution in [0.25, 0.3) is 10.1 Å². The molecule has 2 atom stereocenters. The van der Waals surface area contributed by atoms with Crippen molar-refractivity contribution in [3.8, 4) is 17.6 Å². The molecule has 0 unspecified atom stereocenters. The third kappa shape index (κ3) is 8.24. The molecule has 3 heterocycles. The molecule has 1 saturated carbocycles. The number of hydrogen-bond acceptors (Lipinski definition) is 6. The zero-order valence-corrected chi connectivity index (χ0v) is 27.4. The molecule has 0 radical (unpaired) electrons. The molecule has 242 valence electrons. The summed E-state index contributed by atoms with van der Waals surface area (Å²) in [6.45, 7) is 7.20. The second-order valence-electron chi connectivity index (χ2n) is 12.3. The maximum absolute atomic E-state index is 15.4. The number of hydrogen-bond donors (Lipinski definition) is 2. The Morgan fingerprint density at radius 3 is 2.58 bits per heavy atom. The van der Waals surface area contributed by atoms with Crippen LogP contribution in [0.4, 0.5) is 28.9 Å². The molecular formula is C34H40F4N3O2PS. The van der Waals surface area contributed by atoms with E-state index in [9.17, 15) is 13.2 Å². The van der Waals surface area contributed by atoms with E-state index in [2.05, 4.69) is 52.8 Å². The molecule has 2 N–H and O–H groups in total. The molecule has 1 aromatic heterocycles. The highest BCUT2D eigenvalue weighted by molar-refractivity contribution is 7.64. The SMILES string of the molecule is CP(C)c1ccc(NCC#Cc2sc3c(N[C@@H]4CCN(C5CCOCC5)C[C@@H]4F)cccc3c2CC(F)(F)F)c(OC2CC2)c1. The molecule has 1 aliphatic carbocycles. The van der Waals surface area contributed by atoms with E-state index in [1.807, 2.05) is 12.1 Å². The molecule has 3 aliphatic rings. The second-order valence-corrected chi connectivity index (χ2v) is 15.7. The predicted molar refractivity (Wildman–Crippen MR) is 178 cm³/mol. The normalized spacial score (nSPS) is 21.5. The molecule has 0 amide bonds. The largest absolute Gasteiger partial charge is 0.488 e. The van der Waals surface area contributed by atoms with Gasteiger partial charge in [-0.15, -0.1) is 11.3 Å². The van der Waals surface area contributed by atoms with Gasteiger partial charge in [-0.2, -0.15) is 13.2 Å². The number of likely N-dealkylation sites (tertiary alicyclic amines) is 1. The molecule has 6 rings (SSSR count). The maximum Gasteiger partial charge on any atom is 0.393 e. The number of anilines is 2. The summed E-state index contributed by atoms with van der Waals surface area (Å²) >= 11 is 1.24. The van der Waals surface area contributed by atoms with E-state index in [4.69, 9.17) is 9.47 Å². The van der Waals surface area contributed by atoms with Gasteiger partial charge in [-0.05, 0) is 79.9 Å².